The molecule has 0 heterocycles. The van der Waals surface area contributed by atoms with Gasteiger partial charge in [0.05, 0.1) is 12.7 Å². The number of rotatable bonds is 13. The van der Waals surface area contributed by atoms with Crippen LogP contribution >= 0.6 is 0 Å². The molecule has 0 fully saturated rings. The van der Waals surface area contributed by atoms with Crippen molar-refractivity contribution in [1.82, 2.24) is 10.6 Å². The molecule has 0 spiro atoms. The number of fused-ring (bicyclic) bond motifs is 3. The first-order valence-corrected chi connectivity index (χ1v) is 14.0. The lowest BCUT2D eigenvalue weighted by molar-refractivity contribution is -0.146. The van der Waals surface area contributed by atoms with E-state index in [2.05, 4.69) is 34.9 Å². The van der Waals surface area contributed by atoms with Crippen molar-refractivity contribution < 1.29 is 29.0 Å². The topological polar surface area (TPSA) is 114 Å². The minimum absolute atomic E-state index is 0.0427. The second-order valence-electron chi connectivity index (χ2n) is 10.8. The summed E-state index contributed by atoms with van der Waals surface area (Å²) in [5, 5.41) is 15.1. The van der Waals surface area contributed by atoms with Crippen LogP contribution in [0.4, 0.5) is 4.79 Å². The zero-order chi connectivity index (χ0) is 29.4. The third-order valence-electron chi connectivity index (χ3n) is 7.65. The number of ether oxygens (including phenoxy) is 2. The van der Waals surface area contributed by atoms with Crippen molar-refractivity contribution >= 4 is 18.0 Å². The highest BCUT2D eigenvalue weighted by Gasteiger charge is 2.30. The van der Waals surface area contributed by atoms with Crippen molar-refractivity contribution in [1.29, 1.82) is 0 Å². The summed E-state index contributed by atoms with van der Waals surface area (Å²) < 4.78 is 11.3. The van der Waals surface area contributed by atoms with Gasteiger partial charge in [0, 0.05) is 18.9 Å². The van der Waals surface area contributed by atoms with E-state index in [1.165, 1.54) is 0 Å². The van der Waals surface area contributed by atoms with Gasteiger partial charge < -0.3 is 25.2 Å². The van der Waals surface area contributed by atoms with Crippen LogP contribution in [0.1, 0.15) is 49.8 Å². The largest absolute Gasteiger partial charge is 0.480 e. The fourth-order valence-corrected chi connectivity index (χ4v) is 5.16. The maximum Gasteiger partial charge on any atom is 0.407 e. The average molecular weight is 559 g/mol. The normalized spacial score (nSPS) is 14.4. The molecule has 3 atom stereocenters. The zero-order valence-corrected chi connectivity index (χ0v) is 23.7. The Morgan fingerprint density at radius 1 is 0.854 bits per heavy atom. The molecule has 0 saturated carbocycles. The van der Waals surface area contributed by atoms with E-state index in [1.807, 2.05) is 68.4 Å². The molecule has 0 bridgehead atoms. The number of aliphatic carboxylic acids is 1. The Bertz CT molecular complexity index is 1300. The van der Waals surface area contributed by atoms with Crippen LogP contribution in [0, 0.1) is 11.8 Å². The van der Waals surface area contributed by atoms with E-state index in [0.717, 1.165) is 27.8 Å². The molecule has 4 rings (SSSR count). The summed E-state index contributed by atoms with van der Waals surface area (Å²) in [5.41, 5.74) is 5.49. The standard InChI is InChI=1S/C33H38N2O6/c1-21(2)24(17-30(36)35-31(32(37)38)22(3)40-19-23-11-5-4-6-12-23)18-34-33(39)41-20-29-27-15-9-7-13-25(27)26-14-8-10-16-28(26)29/h4-16,21-22,24,29,31H,17-20H2,1-3H3,(H,34,39)(H,35,36)(H,37,38)/t22-,24?,31+/m1/s1. The van der Waals surface area contributed by atoms with Crippen LogP contribution in [0.25, 0.3) is 11.1 Å². The van der Waals surface area contributed by atoms with Crippen molar-refractivity contribution in [2.24, 2.45) is 11.8 Å². The predicted molar refractivity (Wildman–Crippen MR) is 156 cm³/mol. The summed E-state index contributed by atoms with van der Waals surface area (Å²) >= 11 is 0. The predicted octanol–water partition coefficient (Wildman–Crippen LogP) is 5.36. The van der Waals surface area contributed by atoms with Gasteiger partial charge in [-0.05, 0) is 46.6 Å². The number of alkyl carbamates (subject to hydrolysis) is 1. The summed E-state index contributed by atoms with van der Waals surface area (Å²) in [7, 11) is 0. The van der Waals surface area contributed by atoms with Gasteiger partial charge in [-0.2, -0.15) is 0 Å². The molecule has 0 saturated heterocycles. The number of hydrogen-bond donors (Lipinski definition) is 3. The number of nitrogens with one attached hydrogen (secondary N) is 2. The number of amides is 2. The van der Waals surface area contributed by atoms with Crippen LogP contribution in [0.5, 0.6) is 0 Å². The lowest BCUT2D eigenvalue weighted by Gasteiger charge is -2.25. The Labute approximate surface area is 241 Å². The van der Waals surface area contributed by atoms with Crippen LogP contribution in [-0.4, -0.2) is 48.4 Å². The number of carbonyl (C=O) groups is 3. The van der Waals surface area contributed by atoms with E-state index in [9.17, 15) is 19.5 Å². The maximum absolute atomic E-state index is 12.9. The van der Waals surface area contributed by atoms with E-state index in [-0.39, 0.29) is 43.9 Å². The fraction of sp³-hybridized carbons (Fsp3) is 0.364. The number of hydrogen-bond acceptors (Lipinski definition) is 5. The number of carboxylic acid groups (broad SMARTS) is 1. The Morgan fingerprint density at radius 2 is 1.44 bits per heavy atom. The molecule has 1 aliphatic carbocycles. The molecule has 0 aromatic heterocycles. The van der Waals surface area contributed by atoms with Gasteiger partial charge >= 0.3 is 12.1 Å². The first-order valence-electron chi connectivity index (χ1n) is 14.0. The van der Waals surface area contributed by atoms with Gasteiger partial charge in [0.1, 0.15) is 6.61 Å². The molecule has 3 N–H and O–H groups in total. The van der Waals surface area contributed by atoms with Gasteiger partial charge in [0.25, 0.3) is 0 Å². The highest BCUT2D eigenvalue weighted by molar-refractivity contribution is 5.84. The molecule has 2 amide bonds. The molecule has 1 unspecified atom stereocenters. The van der Waals surface area contributed by atoms with E-state index in [4.69, 9.17) is 9.47 Å². The van der Waals surface area contributed by atoms with E-state index >= 15 is 0 Å². The van der Waals surface area contributed by atoms with Crippen molar-refractivity contribution in [3.8, 4) is 11.1 Å². The Hall–Kier alpha value is -4.17. The van der Waals surface area contributed by atoms with E-state index in [0.29, 0.717) is 0 Å². The van der Waals surface area contributed by atoms with Crippen LogP contribution in [0.2, 0.25) is 0 Å². The van der Waals surface area contributed by atoms with Crippen LogP contribution < -0.4 is 10.6 Å². The Balaban J connectivity index is 1.27. The third-order valence-corrected chi connectivity index (χ3v) is 7.65. The summed E-state index contributed by atoms with van der Waals surface area (Å²) in [5.74, 6) is -1.79. The van der Waals surface area contributed by atoms with E-state index < -0.39 is 30.1 Å². The molecule has 216 valence electrons. The number of carboxylic acids is 1. The van der Waals surface area contributed by atoms with Crippen molar-refractivity contribution in [3.63, 3.8) is 0 Å². The molecule has 0 aliphatic heterocycles. The summed E-state index contributed by atoms with van der Waals surface area (Å²) in [6.07, 6.45) is -1.24. The van der Waals surface area contributed by atoms with Gasteiger partial charge in [0.2, 0.25) is 5.91 Å². The van der Waals surface area contributed by atoms with E-state index in [1.54, 1.807) is 6.92 Å². The fourth-order valence-electron chi connectivity index (χ4n) is 5.16. The molecule has 8 nitrogen and oxygen atoms in total. The maximum atomic E-state index is 12.9. The summed E-state index contributed by atoms with van der Waals surface area (Å²) in [6.45, 7) is 6.20. The first-order chi connectivity index (χ1) is 19.7. The average Bonchev–Trinajstić information content (AvgIpc) is 3.29. The molecule has 3 aromatic carbocycles. The highest BCUT2D eigenvalue weighted by atomic mass is 16.5. The monoisotopic (exact) mass is 558 g/mol. The third kappa shape index (κ3) is 7.73. The molecular formula is C33H38N2O6. The molecule has 41 heavy (non-hydrogen) atoms. The first kappa shape index (κ1) is 29.8. The quantitative estimate of drug-likeness (QED) is 0.260. The second kappa shape index (κ2) is 13.9. The molecule has 1 aliphatic rings. The van der Waals surface area contributed by atoms with Gasteiger partial charge in [-0.15, -0.1) is 0 Å². The van der Waals surface area contributed by atoms with Crippen LogP contribution in [0.3, 0.4) is 0 Å². The molecular weight excluding hydrogens is 520 g/mol. The van der Waals surface area contributed by atoms with Crippen molar-refractivity contribution in [2.45, 2.75) is 51.9 Å². The number of carbonyl (C=O) groups excluding carboxylic acids is 2. The van der Waals surface area contributed by atoms with Gasteiger partial charge in [-0.25, -0.2) is 9.59 Å². The second-order valence-corrected chi connectivity index (χ2v) is 10.8. The SMILES string of the molecule is CC(C)C(CNC(=O)OCC1c2ccccc2-c2ccccc21)CC(=O)N[C@H](C(=O)O)[C@@H](C)OCc1ccccc1. The van der Waals surface area contributed by atoms with Crippen molar-refractivity contribution in [2.75, 3.05) is 13.2 Å². The minimum Gasteiger partial charge on any atom is -0.480 e. The van der Waals surface area contributed by atoms with Gasteiger partial charge in [0.15, 0.2) is 6.04 Å². The Morgan fingerprint density at radius 3 is 2.02 bits per heavy atom. The van der Waals surface area contributed by atoms with Crippen LogP contribution in [-0.2, 0) is 25.7 Å². The molecule has 0 radical (unpaired) electrons. The van der Waals surface area contributed by atoms with Gasteiger partial charge in [-0.3, -0.25) is 4.79 Å². The highest BCUT2D eigenvalue weighted by Crippen LogP contribution is 2.44. The minimum atomic E-state index is -1.20. The summed E-state index contributed by atoms with van der Waals surface area (Å²) in [4.78, 5) is 37.4. The Kier molecular flexibility index (Phi) is 10.1. The van der Waals surface area contributed by atoms with Gasteiger partial charge in [-0.1, -0.05) is 92.7 Å². The number of benzene rings is 3. The lowest BCUT2D eigenvalue weighted by atomic mass is 9.92. The summed E-state index contributed by atoms with van der Waals surface area (Å²) in [6, 6.07) is 24.5. The smallest absolute Gasteiger partial charge is 0.407 e. The molecule has 8 heteroatoms. The zero-order valence-electron chi connectivity index (χ0n) is 23.7. The lowest BCUT2D eigenvalue weighted by Crippen LogP contribution is -2.49. The van der Waals surface area contributed by atoms with Crippen molar-refractivity contribution in [3.05, 3.63) is 95.6 Å². The molecule has 3 aromatic rings. The van der Waals surface area contributed by atoms with Crippen LogP contribution in [0.15, 0.2) is 78.9 Å².